The van der Waals surface area contributed by atoms with E-state index >= 15 is 0 Å². The van der Waals surface area contributed by atoms with Crippen LogP contribution in [0, 0.1) is 5.92 Å². The molecule has 2 N–H and O–H groups in total. The van der Waals surface area contributed by atoms with Crippen molar-refractivity contribution in [3.63, 3.8) is 0 Å². The fourth-order valence-electron chi connectivity index (χ4n) is 2.12. The van der Waals surface area contributed by atoms with Crippen LogP contribution in [-0.2, 0) is 9.59 Å². The normalized spacial score (nSPS) is 14.4. The second-order valence-corrected chi connectivity index (χ2v) is 5.79. The fraction of sp³-hybridized carbons (Fsp3) is 0.467. The molecule has 0 spiro atoms. The molecule has 0 saturated heterocycles. The van der Waals surface area contributed by atoms with E-state index in [1.54, 1.807) is 12.1 Å². The molecule has 1 atom stereocenters. The Morgan fingerprint density at radius 1 is 1.18 bits per heavy atom. The van der Waals surface area contributed by atoms with Crippen LogP contribution >= 0.6 is 11.6 Å². The van der Waals surface area contributed by atoms with E-state index in [9.17, 15) is 9.59 Å². The maximum atomic E-state index is 12.4. The first-order valence-corrected chi connectivity index (χ1v) is 7.43. The number of halogens is 1. The molecule has 0 saturated carbocycles. The fourth-order valence-corrected chi connectivity index (χ4v) is 2.33. The number of ether oxygens (including phenoxy) is 2. The molecule has 0 aliphatic carbocycles. The lowest BCUT2D eigenvalue weighted by Crippen LogP contribution is -2.46. The topological polar surface area (TPSA) is 76.7 Å². The van der Waals surface area contributed by atoms with E-state index in [1.807, 2.05) is 13.8 Å². The van der Waals surface area contributed by atoms with E-state index in [0.717, 1.165) is 0 Å². The molecular formula is C15H19ClN2O4. The summed E-state index contributed by atoms with van der Waals surface area (Å²) in [4.78, 5) is 23.6. The van der Waals surface area contributed by atoms with Gasteiger partial charge < -0.3 is 20.1 Å². The second-order valence-electron chi connectivity index (χ2n) is 5.39. The predicted molar refractivity (Wildman–Crippen MR) is 83.5 cm³/mol. The molecule has 6 nitrogen and oxygen atoms in total. The molecule has 120 valence electrons. The van der Waals surface area contributed by atoms with Gasteiger partial charge in [0.25, 0.3) is 0 Å². The average Bonchev–Trinajstić information content (AvgIpc) is 2.45. The zero-order valence-electron chi connectivity index (χ0n) is 12.7. The number of anilines is 1. The molecule has 0 radical (unpaired) electrons. The first kappa shape index (κ1) is 16.4. The van der Waals surface area contributed by atoms with Crippen LogP contribution in [0.25, 0.3) is 0 Å². The van der Waals surface area contributed by atoms with Crippen LogP contribution in [-0.4, -0.2) is 31.1 Å². The molecule has 0 bridgehead atoms. The van der Waals surface area contributed by atoms with Gasteiger partial charge in [0, 0.05) is 19.1 Å². The van der Waals surface area contributed by atoms with E-state index in [2.05, 4.69) is 10.6 Å². The Balaban J connectivity index is 2.18. The molecule has 0 fully saturated rings. The van der Waals surface area contributed by atoms with Crippen LogP contribution < -0.4 is 20.1 Å². The molecule has 2 rings (SSSR count). The van der Waals surface area contributed by atoms with Gasteiger partial charge in [-0.25, -0.2) is 0 Å². The van der Waals surface area contributed by atoms with E-state index in [1.165, 1.54) is 6.92 Å². The van der Waals surface area contributed by atoms with Gasteiger partial charge in [-0.3, -0.25) is 9.59 Å². The zero-order valence-corrected chi connectivity index (χ0v) is 13.5. The Morgan fingerprint density at radius 3 is 2.32 bits per heavy atom. The third kappa shape index (κ3) is 3.82. The minimum Gasteiger partial charge on any atom is -0.486 e. The van der Waals surface area contributed by atoms with E-state index in [-0.39, 0.29) is 17.7 Å². The quantitative estimate of drug-likeness (QED) is 0.889. The van der Waals surface area contributed by atoms with Crippen molar-refractivity contribution in [3.05, 3.63) is 17.2 Å². The molecular weight excluding hydrogens is 308 g/mol. The Bertz CT molecular complexity index is 589. The SMILES string of the molecule is CC(=O)N[C@H](C(=O)Nc1cc2c(cc1Cl)OCCO2)C(C)C. The smallest absolute Gasteiger partial charge is 0.247 e. The van der Waals surface area contributed by atoms with Crippen LogP contribution in [0.4, 0.5) is 5.69 Å². The standard InChI is InChI=1S/C15H19ClN2O4/c1-8(2)14(17-9(3)19)15(20)18-11-7-13-12(6-10(11)16)21-4-5-22-13/h6-8,14H,4-5H2,1-3H3,(H,17,19)(H,18,20)/t14-/m0/s1. The van der Waals surface area contributed by atoms with Crippen LogP contribution in [0.3, 0.4) is 0 Å². The largest absolute Gasteiger partial charge is 0.486 e. The average molecular weight is 327 g/mol. The molecule has 1 aromatic rings. The lowest BCUT2D eigenvalue weighted by Gasteiger charge is -2.23. The Morgan fingerprint density at radius 2 is 1.77 bits per heavy atom. The number of carbonyl (C=O) groups is 2. The lowest BCUT2D eigenvalue weighted by molar-refractivity contribution is -0.126. The highest BCUT2D eigenvalue weighted by molar-refractivity contribution is 6.34. The first-order chi connectivity index (χ1) is 10.4. The Kier molecular flexibility index (Phi) is 5.13. The van der Waals surface area contributed by atoms with Gasteiger partial charge in [-0.15, -0.1) is 0 Å². The summed E-state index contributed by atoms with van der Waals surface area (Å²) in [5, 5.41) is 5.71. The third-order valence-electron chi connectivity index (χ3n) is 3.20. The van der Waals surface area contributed by atoms with Gasteiger partial charge in [-0.05, 0) is 5.92 Å². The number of hydrogen-bond donors (Lipinski definition) is 2. The number of carbonyl (C=O) groups excluding carboxylic acids is 2. The molecule has 1 aromatic carbocycles. The summed E-state index contributed by atoms with van der Waals surface area (Å²) in [5.74, 6) is 0.439. The molecule has 1 heterocycles. The Labute approximate surface area is 134 Å². The molecule has 1 aliphatic rings. The number of fused-ring (bicyclic) bond motifs is 1. The van der Waals surface area contributed by atoms with Crippen molar-refractivity contribution in [1.82, 2.24) is 5.32 Å². The minimum atomic E-state index is -0.637. The van der Waals surface area contributed by atoms with E-state index < -0.39 is 6.04 Å². The van der Waals surface area contributed by atoms with Crippen LogP contribution in [0.15, 0.2) is 12.1 Å². The van der Waals surface area contributed by atoms with Gasteiger partial charge in [0.2, 0.25) is 11.8 Å². The highest BCUT2D eigenvalue weighted by atomic mass is 35.5. The monoisotopic (exact) mass is 326 g/mol. The van der Waals surface area contributed by atoms with Gasteiger partial charge in [-0.1, -0.05) is 25.4 Å². The second kappa shape index (κ2) is 6.87. The summed E-state index contributed by atoms with van der Waals surface area (Å²) in [7, 11) is 0. The molecule has 2 amide bonds. The summed E-state index contributed by atoms with van der Waals surface area (Å²) in [5.41, 5.74) is 0.423. The van der Waals surface area contributed by atoms with Crippen LogP contribution in [0.1, 0.15) is 20.8 Å². The van der Waals surface area contributed by atoms with Crippen molar-refractivity contribution < 1.29 is 19.1 Å². The third-order valence-corrected chi connectivity index (χ3v) is 3.51. The maximum Gasteiger partial charge on any atom is 0.247 e. The van der Waals surface area contributed by atoms with Gasteiger partial charge in [0.05, 0.1) is 10.7 Å². The molecule has 0 unspecified atom stereocenters. The summed E-state index contributed by atoms with van der Waals surface area (Å²) in [6.45, 7) is 5.99. The molecule has 7 heteroatoms. The molecule has 1 aliphatic heterocycles. The van der Waals surface area contributed by atoms with E-state index in [4.69, 9.17) is 21.1 Å². The lowest BCUT2D eigenvalue weighted by atomic mass is 10.0. The number of rotatable bonds is 4. The summed E-state index contributed by atoms with van der Waals surface area (Å²) >= 11 is 6.16. The van der Waals surface area contributed by atoms with Crippen LogP contribution in [0.2, 0.25) is 5.02 Å². The maximum absolute atomic E-state index is 12.4. The number of hydrogen-bond acceptors (Lipinski definition) is 4. The highest BCUT2D eigenvalue weighted by Gasteiger charge is 2.24. The number of benzene rings is 1. The van der Waals surface area contributed by atoms with E-state index in [0.29, 0.717) is 35.4 Å². The van der Waals surface area contributed by atoms with Crippen molar-refractivity contribution in [1.29, 1.82) is 0 Å². The van der Waals surface area contributed by atoms with Crippen molar-refractivity contribution in [2.75, 3.05) is 18.5 Å². The number of amides is 2. The first-order valence-electron chi connectivity index (χ1n) is 7.05. The van der Waals surface area contributed by atoms with Gasteiger partial charge in [-0.2, -0.15) is 0 Å². The zero-order chi connectivity index (χ0) is 16.3. The summed E-state index contributed by atoms with van der Waals surface area (Å²) in [6, 6.07) is 2.59. The molecule has 22 heavy (non-hydrogen) atoms. The Hall–Kier alpha value is -1.95. The number of nitrogens with one attached hydrogen (secondary N) is 2. The van der Waals surface area contributed by atoms with Gasteiger partial charge in [0.1, 0.15) is 19.3 Å². The van der Waals surface area contributed by atoms with Crippen molar-refractivity contribution in [2.45, 2.75) is 26.8 Å². The summed E-state index contributed by atoms with van der Waals surface area (Å²) < 4.78 is 10.9. The highest BCUT2D eigenvalue weighted by Crippen LogP contribution is 2.38. The van der Waals surface area contributed by atoms with Crippen molar-refractivity contribution in [2.24, 2.45) is 5.92 Å². The predicted octanol–water partition coefficient (Wildman–Crippen LogP) is 2.21. The van der Waals surface area contributed by atoms with Gasteiger partial charge in [0.15, 0.2) is 11.5 Å². The minimum absolute atomic E-state index is 0.0557. The summed E-state index contributed by atoms with van der Waals surface area (Å²) in [6.07, 6.45) is 0. The van der Waals surface area contributed by atoms with Crippen LogP contribution in [0.5, 0.6) is 11.5 Å². The van der Waals surface area contributed by atoms with Crippen molar-refractivity contribution >= 4 is 29.1 Å². The molecule has 0 aromatic heterocycles. The van der Waals surface area contributed by atoms with Crippen molar-refractivity contribution in [3.8, 4) is 11.5 Å². The van der Waals surface area contributed by atoms with Gasteiger partial charge >= 0.3 is 0 Å².